The number of hydrogen-bond acceptors (Lipinski definition) is 4. The number of methoxy groups -OCH3 is 2. The maximum absolute atomic E-state index is 5.48. The number of unbranched alkanes of at least 4 members (excludes halogenated alkanes) is 1. The molecule has 0 aliphatic heterocycles. The monoisotopic (exact) mass is 266 g/mol. The van der Waals surface area contributed by atoms with Crippen LogP contribution < -0.4 is 20.1 Å². The van der Waals surface area contributed by atoms with E-state index in [2.05, 4.69) is 16.7 Å². The molecule has 0 spiro atoms. The van der Waals surface area contributed by atoms with Crippen LogP contribution in [0.4, 0.5) is 0 Å². The van der Waals surface area contributed by atoms with Crippen LogP contribution in [0, 0.1) is 6.92 Å². The summed E-state index contributed by atoms with van der Waals surface area (Å²) in [6, 6.07) is 4.06. The second-order valence-electron chi connectivity index (χ2n) is 4.57. The molecule has 0 atom stereocenters. The first-order chi connectivity index (χ1) is 9.24. The number of hydrogen-bond donors (Lipinski definition) is 2. The molecule has 0 aliphatic rings. The Morgan fingerprint density at radius 1 is 1.05 bits per heavy atom. The third kappa shape index (κ3) is 4.73. The number of ether oxygens (including phenoxy) is 2. The van der Waals surface area contributed by atoms with E-state index in [0.717, 1.165) is 36.7 Å². The van der Waals surface area contributed by atoms with Gasteiger partial charge in [0.2, 0.25) is 0 Å². The Bertz CT molecular complexity index is 381. The fourth-order valence-electron chi connectivity index (χ4n) is 2.15. The van der Waals surface area contributed by atoms with E-state index >= 15 is 0 Å². The minimum Gasteiger partial charge on any atom is -0.496 e. The Morgan fingerprint density at radius 3 is 2.42 bits per heavy atom. The summed E-state index contributed by atoms with van der Waals surface area (Å²) in [5, 5.41) is 6.60. The topological polar surface area (TPSA) is 42.5 Å². The minimum absolute atomic E-state index is 0.827. The van der Waals surface area contributed by atoms with Crippen molar-refractivity contribution >= 4 is 0 Å². The van der Waals surface area contributed by atoms with E-state index in [0.29, 0.717) is 0 Å². The highest BCUT2D eigenvalue weighted by atomic mass is 16.5. The molecule has 0 aromatic heterocycles. The van der Waals surface area contributed by atoms with Gasteiger partial charge in [0.25, 0.3) is 0 Å². The second kappa shape index (κ2) is 8.77. The molecule has 0 heterocycles. The molecule has 108 valence electrons. The Balaban J connectivity index is 2.51. The Kier molecular flexibility index (Phi) is 7.30. The highest BCUT2D eigenvalue weighted by Gasteiger charge is 2.10. The Labute approximate surface area is 116 Å². The zero-order chi connectivity index (χ0) is 14.1. The van der Waals surface area contributed by atoms with Crippen molar-refractivity contribution in [3.63, 3.8) is 0 Å². The van der Waals surface area contributed by atoms with Crippen molar-refractivity contribution in [3.8, 4) is 11.5 Å². The van der Waals surface area contributed by atoms with Gasteiger partial charge < -0.3 is 20.1 Å². The molecule has 1 rings (SSSR count). The van der Waals surface area contributed by atoms with Gasteiger partial charge in [-0.3, -0.25) is 0 Å². The van der Waals surface area contributed by atoms with Gasteiger partial charge >= 0.3 is 0 Å². The largest absolute Gasteiger partial charge is 0.496 e. The van der Waals surface area contributed by atoms with E-state index in [1.807, 2.05) is 20.0 Å². The van der Waals surface area contributed by atoms with E-state index in [9.17, 15) is 0 Å². The molecule has 19 heavy (non-hydrogen) atoms. The van der Waals surface area contributed by atoms with Gasteiger partial charge in [0.05, 0.1) is 14.2 Å². The first-order valence-electron chi connectivity index (χ1n) is 6.80. The molecule has 0 bridgehead atoms. The number of rotatable bonds is 9. The van der Waals surface area contributed by atoms with Crippen molar-refractivity contribution in [1.29, 1.82) is 0 Å². The summed E-state index contributed by atoms with van der Waals surface area (Å²) in [5.74, 6) is 1.79. The normalized spacial score (nSPS) is 10.5. The molecule has 4 nitrogen and oxygen atoms in total. The Hall–Kier alpha value is -1.26. The first-order valence-corrected chi connectivity index (χ1v) is 6.80. The molecule has 0 radical (unpaired) electrons. The number of nitrogens with one attached hydrogen (secondary N) is 2. The van der Waals surface area contributed by atoms with Crippen LogP contribution in [0.3, 0.4) is 0 Å². The summed E-state index contributed by atoms with van der Waals surface area (Å²) < 4.78 is 10.8. The first kappa shape index (κ1) is 15.8. The van der Waals surface area contributed by atoms with E-state index in [1.54, 1.807) is 14.2 Å². The maximum Gasteiger partial charge on any atom is 0.129 e. The van der Waals surface area contributed by atoms with Crippen molar-refractivity contribution in [2.24, 2.45) is 0 Å². The average molecular weight is 266 g/mol. The maximum atomic E-state index is 5.48. The molecule has 1 aromatic rings. The van der Waals surface area contributed by atoms with Gasteiger partial charge in [0, 0.05) is 17.7 Å². The van der Waals surface area contributed by atoms with Crippen LogP contribution in [0.5, 0.6) is 11.5 Å². The fourth-order valence-corrected chi connectivity index (χ4v) is 2.15. The third-order valence-electron chi connectivity index (χ3n) is 3.21. The van der Waals surface area contributed by atoms with Crippen molar-refractivity contribution in [2.45, 2.75) is 26.3 Å². The van der Waals surface area contributed by atoms with Gasteiger partial charge in [-0.1, -0.05) is 6.07 Å². The van der Waals surface area contributed by atoms with E-state index < -0.39 is 0 Å². The predicted molar refractivity (Wildman–Crippen MR) is 79.2 cm³/mol. The van der Waals surface area contributed by atoms with Crippen molar-refractivity contribution in [2.75, 3.05) is 34.4 Å². The minimum atomic E-state index is 0.827. The van der Waals surface area contributed by atoms with Crippen LogP contribution >= 0.6 is 0 Å². The van der Waals surface area contributed by atoms with E-state index in [-0.39, 0.29) is 0 Å². The van der Waals surface area contributed by atoms with Gasteiger partial charge in [-0.25, -0.2) is 0 Å². The van der Waals surface area contributed by atoms with Gasteiger partial charge in [0.1, 0.15) is 11.5 Å². The van der Waals surface area contributed by atoms with Gasteiger partial charge in [-0.15, -0.1) is 0 Å². The smallest absolute Gasteiger partial charge is 0.129 e. The van der Waals surface area contributed by atoms with E-state index in [4.69, 9.17) is 9.47 Å². The van der Waals surface area contributed by atoms with Gasteiger partial charge in [-0.05, 0) is 46.0 Å². The average Bonchev–Trinajstić information content (AvgIpc) is 2.43. The van der Waals surface area contributed by atoms with Crippen LogP contribution in [0.2, 0.25) is 0 Å². The third-order valence-corrected chi connectivity index (χ3v) is 3.21. The molecule has 0 amide bonds. The van der Waals surface area contributed by atoms with E-state index in [1.165, 1.54) is 18.4 Å². The van der Waals surface area contributed by atoms with Crippen LogP contribution in [0.1, 0.15) is 24.0 Å². The quantitative estimate of drug-likeness (QED) is 0.672. The molecular weight excluding hydrogens is 240 g/mol. The van der Waals surface area contributed by atoms with Crippen LogP contribution in [-0.2, 0) is 6.54 Å². The summed E-state index contributed by atoms with van der Waals surface area (Å²) >= 11 is 0. The van der Waals surface area contributed by atoms with Crippen LogP contribution in [-0.4, -0.2) is 34.4 Å². The highest BCUT2D eigenvalue weighted by molar-refractivity contribution is 5.49. The molecule has 0 saturated carbocycles. The summed E-state index contributed by atoms with van der Waals surface area (Å²) in [7, 11) is 5.37. The summed E-state index contributed by atoms with van der Waals surface area (Å²) in [4.78, 5) is 0. The van der Waals surface area contributed by atoms with Crippen molar-refractivity contribution < 1.29 is 9.47 Å². The molecule has 4 heteroatoms. The fraction of sp³-hybridized carbons (Fsp3) is 0.600. The Morgan fingerprint density at radius 2 is 1.79 bits per heavy atom. The lowest BCUT2D eigenvalue weighted by Crippen LogP contribution is -2.17. The zero-order valence-electron chi connectivity index (χ0n) is 12.5. The molecule has 0 aliphatic carbocycles. The van der Waals surface area contributed by atoms with Crippen molar-refractivity contribution in [3.05, 3.63) is 23.3 Å². The van der Waals surface area contributed by atoms with Crippen LogP contribution in [0.25, 0.3) is 0 Å². The standard InChI is InChI=1S/C15H26N2O2/c1-12-14(18-3)8-7-13(15(12)19-4)11-17-10-6-5-9-16-2/h7-8,16-17H,5-6,9-11H2,1-4H3. The van der Waals surface area contributed by atoms with Gasteiger partial charge in [0.15, 0.2) is 0 Å². The molecule has 0 fully saturated rings. The molecule has 0 unspecified atom stereocenters. The lowest BCUT2D eigenvalue weighted by atomic mass is 10.1. The zero-order valence-corrected chi connectivity index (χ0v) is 12.5. The molecule has 2 N–H and O–H groups in total. The summed E-state index contributed by atoms with van der Waals surface area (Å²) in [6.45, 7) is 4.95. The lowest BCUT2D eigenvalue weighted by Gasteiger charge is -2.15. The molecule has 0 saturated heterocycles. The summed E-state index contributed by atoms with van der Waals surface area (Å²) in [5.41, 5.74) is 2.23. The van der Waals surface area contributed by atoms with Gasteiger partial charge in [-0.2, -0.15) is 0 Å². The highest BCUT2D eigenvalue weighted by Crippen LogP contribution is 2.31. The van der Waals surface area contributed by atoms with Crippen LogP contribution in [0.15, 0.2) is 12.1 Å². The van der Waals surface area contributed by atoms with Crippen molar-refractivity contribution in [1.82, 2.24) is 10.6 Å². The lowest BCUT2D eigenvalue weighted by molar-refractivity contribution is 0.384. The SMILES string of the molecule is CNCCCCNCc1ccc(OC)c(C)c1OC. The molecular formula is C15H26N2O2. The number of benzene rings is 1. The predicted octanol–water partition coefficient (Wildman–Crippen LogP) is 2.10. The molecule has 1 aromatic carbocycles. The second-order valence-corrected chi connectivity index (χ2v) is 4.57. The summed E-state index contributed by atoms with van der Waals surface area (Å²) in [6.07, 6.45) is 2.38.